The Morgan fingerprint density at radius 1 is 0.533 bits per heavy atom. The van der Waals surface area contributed by atoms with Gasteiger partial charge in [-0.2, -0.15) is 79.0 Å². The second-order valence-corrected chi connectivity index (χ2v) is 13.5. The molecule has 5 nitrogen and oxygen atoms in total. The molecule has 0 aromatic heterocycles. The fourth-order valence-electron chi connectivity index (χ4n) is 3.50. The molecule has 1 N–H and O–H groups in total. The number of phenols is 1. The van der Waals surface area contributed by atoms with E-state index in [9.17, 15) is 101 Å². The molecule has 2 aromatic carbocycles. The summed E-state index contributed by atoms with van der Waals surface area (Å²) in [4.78, 5) is 0. The van der Waals surface area contributed by atoms with Crippen molar-refractivity contribution in [2.45, 2.75) is 57.6 Å². The molecule has 45 heavy (non-hydrogen) atoms. The van der Waals surface area contributed by atoms with Crippen LogP contribution in [-0.2, 0) is 26.1 Å². The first kappa shape index (κ1) is 38.3. The second kappa shape index (κ2) is 10.6. The maximum Gasteiger partial charge on any atom is 0.460 e. The third-order valence-corrected chi connectivity index (χ3v) is 11.2. The average molecular weight is 736 g/mol. The van der Waals surface area contributed by atoms with Crippen molar-refractivity contribution >= 4 is 30.4 Å². The number of fused-ring (bicyclic) bond motifs is 1. The lowest BCUT2D eigenvalue weighted by molar-refractivity contribution is -0.382. The highest BCUT2D eigenvalue weighted by molar-refractivity contribution is 8.10. The maximum atomic E-state index is 14.6. The average Bonchev–Trinajstić information content (AvgIpc) is 2.85. The molecule has 0 unspecified atom stereocenters. The van der Waals surface area contributed by atoms with Gasteiger partial charge in [-0.15, -0.1) is 0 Å². The number of phenolic OH excluding ortho intramolecular Hbond substituents is 1. The third kappa shape index (κ3) is 5.29. The molecule has 0 aliphatic rings. The summed E-state index contributed by atoms with van der Waals surface area (Å²) in [5.41, 5.74) is -1.64. The first-order chi connectivity index (χ1) is 19.6. The number of sulfone groups is 2. The molecular formula is C20H10F18O5S2. The molecule has 0 fully saturated rings. The van der Waals surface area contributed by atoms with Crippen LogP contribution >= 0.6 is 0 Å². The van der Waals surface area contributed by atoms with Gasteiger partial charge in [0.05, 0.1) is 0 Å². The smallest absolute Gasteiger partial charge is 0.460 e. The summed E-state index contributed by atoms with van der Waals surface area (Å²) in [5, 5.41) is -7.83. The minimum atomic E-state index is -8.87. The SMILES string of the molecule is O=S(=O)(C(Cc1c(O)ccc2ccccc12)S(=O)(=O)C(F)(F)C(F)(F)C(F)(F)C(F)(F)F)C(F)(F)C(F)(F)C(F)(F)C(F)(F)F. The van der Waals surface area contributed by atoms with E-state index < -0.39 is 99.3 Å². The zero-order valence-electron chi connectivity index (χ0n) is 20.4. The van der Waals surface area contributed by atoms with E-state index in [0.717, 1.165) is 24.3 Å². The lowest BCUT2D eigenvalue weighted by atomic mass is 10.0. The summed E-state index contributed by atoms with van der Waals surface area (Å²) in [6, 6.07) is 4.50. The molecule has 0 amide bonds. The van der Waals surface area contributed by atoms with Gasteiger partial charge in [-0.1, -0.05) is 30.3 Å². The van der Waals surface area contributed by atoms with Crippen molar-refractivity contribution in [2.75, 3.05) is 0 Å². The van der Waals surface area contributed by atoms with Crippen LogP contribution in [-0.4, -0.2) is 73.1 Å². The van der Waals surface area contributed by atoms with Crippen LogP contribution in [0.2, 0.25) is 0 Å². The summed E-state index contributed by atoms with van der Waals surface area (Å²) in [7, 11) is -17.7. The molecule has 258 valence electrons. The molecule has 0 aliphatic heterocycles. The largest absolute Gasteiger partial charge is 0.508 e. The first-order valence-corrected chi connectivity index (χ1v) is 13.8. The molecule has 0 radical (unpaired) electrons. The van der Waals surface area contributed by atoms with E-state index in [2.05, 4.69) is 0 Å². The number of halogens is 18. The van der Waals surface area contributed by atoms with Crippen LogP contribution < -0.4 is 0 Å². The van der Waals surface area contributed by atoms with Crippen molar-refractivity contribution in [3.63, 3.8) is 0 Å². The molecule has 0 saturated carbocycles. The van der Waals surface area contributed by atoms with E-state index in [4.69, 9.17) is 0 Å². The summed E-state index contributed by atoms with van der Waals surface area (Å²) in [5.74, 6) is -34.9. The number of alkyl halides is 18. The number of hydrogen-bond donors (Lipinski definition) is 1. The topological polar surface area (TPSA) is 88.5 Å². The summed E-state index contributed by atoms with van der Waals surface area (Å²) < 4.78 is 288. The van der Waals surface area contributed by atoms with Crippen molar-refractivity contribution in [3.05, 3.63) is 42.0 Å². The molecule has 0 spiro atoms. The van der Waals surface area contributed by atoms with E-state index in [1.165, 1.54) is 0 Å². The van der Waals surface area contributed by atoms with E-state index in [1.807, 2.05) is 0 Å². The van der Waals surface area contributed by atoms with Crippen LogP contribution in [0.1, 0.15) is 5.56 Å². The monoisotopic (exact) mass is 736 g/mol. The molecule has 0 bridgehead atoms. The van der Waals surface area contributed by atoms with Gasteiger partial charge in [-0.25, -0.2) is 16.8 Å². The van der Waals surface area contributed by atoms with Crippen molar-refractivity contribution in [2.24, 2.45) is 0 Å². The highest BCUT2D eigenvalue weighted by atomic mass is 32.3. The molecule has 2 rings (SSSR count). The molecular weight excluding hydrogens is 726 g/mol. The third-order valence-electron chi connectivity index (χ3n) is 6.03. The van der Waals surface area contributed by atoms with E-state index in [-0.39, 0.29) is 0 Å². The highest BCUT2D eigenvalue weighted by Crippen LogP contribution is 2.59. The minimum absolute atomic E-state index is 0.322. The van der Waals surface area contributed by atoms with Gasteiger partial charge in [0.15, 0.2) is 4.58 Å². The number of hydrogen-bond acceptors (Lipinski definition) is 5. The number of rotatable bonds is 10. The predicted molar refractivity (Wildman–Crippen MR) is 113 cm³/mol. The van der Waals surface area contributed by atoms with Crippen molar-refractivity contribution in [3.8, 4) is 5.75 Å². The zero-order chi connectivity index (χ0) is 35.8. The van der Waals surface area contributed by atoms with Gasteiger partial charge in [0.2, 0.25) is 19.7 Å². The van der Waals surface area contributed by atoms with Gasteiger partial charge in [0, 0.05) is 12.0 Å². The molecule has 2 aromatic rings. The lowest BCUT2D eigenvalue weighted by Gasteiger charge is -2.37. The molecule has 0 atom stereocenters. The van der Waals surface area contributed by atoms with Crippen LogP contribution in [0.15, 0.2) is 36.4 Å². The Labute approximate surface area is 237 Å². The Morgan fingerprint density at radius 3 is 1.24 bits per heavy atom. The van der Waals surface area contributed by atoms with Gasteiger partial charge in [-0.05, 0) is 16.8 Å². The van der Waals surface area contributed by atoms with Crippen molar-refractivity contribution < 1.29 is 101 Å². The Kier molecular flexibility index (Phi) is 9.01. The van der Waals surface area contributed by atoms with Crippen LogP contribution in [0, 0.1) is 0 Å². The Morgan fingerprint density at radius 2 is 0.889 bits per heavy atom. The molecule has 0 aliphatic carbocycles. The fourth-order valence-corrected chi connectivity index (χ4v) is 7.96. The van der Waals surface area contributed by atoms with E-state index in [1.54, 1.807) is 0 Å². The normalized spacial score (nSPS) is 15.6. The Balaban J connectivity index is 3.09. The van der Waals surface area contributed by atoms with Crippen LogP contribution in [0.3, 0.4) is 0 Å². The van der Waals surface area contributed by atoms with Crippen LogP contribution in [0.4, 0.5) is 79.0 Å². The fraction of sp³-hybridized carbons (Fsp3) is 0.500. The number of benzene rings is 2. The zero-order valence-corrected chi connectivity index (χ0v) is 22.1. The van der Waals surface area contributed by atoms with Gasteiger partial charge in [0.1, 0.15) is 5.75 Å². The van der Waals surface area contributed by atoms with Gasteiger partial charge < -0.3 is 5.11 Å². The Bertz CT molecular complexity index is 1580. The van der Waals surface area contributed by atoms with Gasteiger partial charge in [0.25, 0.3) is 0 Å². The Hall–Kier alpha value is -2.86. The predicted octanol–water partition coefficient (Wildman–Crippen LogP) is 7.10. The van der Waals surface area contributed by atoms with E-state index >= 15 is 0 Å². The second-order valence-electron chi connectivity index (χ2n) is 8.83. The summed E-state index contributed by atoms with van der Waals surface area (Å²) >= 11 is 0. The first-order valence-electron chi connectivity index (χ1n) is 10.7. The van der Waals surface area contributed by atoms with Gasteiger partial charge >= 0.3 is 46.6 Å². The molecule has 0 saturated heterocycles. The van der Waals surface area contributed by atoms with Crippen LogP contribution in [0.5, 0.6) is 5.75 Å². The van der Waals surface area contributed by atoms with Crippen molar-refractivity contribution in [1.29, 1.82) is 0 Å². The lowest BCUT2D eigenvalue weighted by Crippen LogP contribution is -2.68. The summed E-state index contributed by atoms with van der Waals surface area (Å²) in [6.07, 6.45) is -18.7. The quantitative estimate of drug-likeness (QED) is 0.263. The summed E-state index contributed by atoms with van der Waals surface area (Å²) in [6.45, 7) is 0. The molecule has 0 heterocycles. The molecule has 25 heteroatoms. The van der Waals surface area contributed by atoms with E-state index in [0.29, 0.717) is 12.1 Å². The minimum Gasteiger partial charge on any atom is -0.508 e. The van der Waals surface area contributed by atoms with Crippen molar-refractivity contribution in [1.82, 2.24) is 0 Å². The maximum absolute atomic E-state index is 14.6. The highest BCUT2D eigenvalue weighted by Gasteiger charge is 2.89. The number of aromatic hydroxyl groups is 1. The van der Waals surface area contributed by atoms with Crippen LogP contribution in [0.25, 0.3) is 10.8 Å². The standard InChI is InChI=1S/C20H10F18O5S2/c21-13(22,17(29,30)31)15(25,26)19(35,36)44(40,41)12(7-10-9-4-2-1-3-8(9)5-6-11(10)39)45(42,43)20(37,38)16(27,28)14(23,24)18(32,33)34/h1-6,12,39H,7H2. The van der Waals surface area contributed by atoms with Gasteiger partial charge in [-0.3, -0.25) is 0 Å².